The first kappa shape index (κ1) is 17.4. The summed E-state index contributed by atoms with van der Waals surface area (Å²) >= 11 is 0. The van der Waals surface area contributed by atoms with Crippen LogP contribution in [0.15, 0.2) is 0 Å². The number of hydrogen-bond donors (Lipinski definition) is 0. The van der Waals surface area contributed by atoms with E-state index in [1.54, 1.807) is 0 Å². The molecule has 1 aromatic heterocycles. The van der Waals surface area contributed by atoms with Gasteiger partial charge in [-0.15, -0.1) is 0 Å². The molecule has 2 heteroatoms. The fourth-order valence-corrected chi connectivity index (χ4v) is 4.13. The lowest BCUT2D eigenvalue weighted by atomic mass is 9.60. The Bertz CT molecular complexity index is 519. The zero-order valence-corrected chi connectivity index (χ0v) is 15.8. The lowest BCUT2D eigenvalue weighted by Crippen LogP contribution is -2.40. The molecule has 2 rings (SSSR count). The van der Waals surface area contributed by atoms with Crippen molar-refractivity contribution < 1.29 is 0 Å². The second-order valence-corrected chi connectivity index (χ2v) is 8.42. The minimum absolute atomic E-state index is 0.393. The smallest absolute Gasteiger partial charge is 0.131 e. The van der Waals surface area contributed by atoms with E-state index in [1.807, 2.05) is 0 Å². The first-order valence-corrected chi connectivity index (χ1v) is 9.08. The number of nitrogens with zero attached hydrogens (tertiary/aromatic N) is 2. The maximum absolute atomic E-state index is 5.00. The Hall–Kier alpha value is -0.920. The largest absolute Gasteiger partial charge is 0.237 e. The Labute approximate surface area is 137 Å². The molecule has 0 spiro atoms. The zero-order chi connectivity index (χ0) is 16.7. The van der Waals surface area contributed by atoms with Gasteiger partial charge in [-0.05, 0) is 48.0 Å². The molecule has 2 nitrogen and oxygen atoms in total. The predicted octanol–water partition coefficient (Wildman–Crippen LogP) is 5.51. The molecular weight excluding hydrogens is 268 g/mol. The molecule has 0 saturated carbocycles. The average Bonchev–Trinajstić information content (AvgIpc) is 2.44. The molecule has 0 aromatic carbocycles. The Morgan fingerprint density at radius 2 is 1.41 bits per heavy atom. The standard InChI is InChI=1S/C20H34N2/c1-12(2)18-16-9-10-20(14(5)6,15(7)8)11-17(16)21-19(22-18)13(3)4/h12-15H,9-11H2,1-8H3. The maximum atomic E-state index is 5.00. The van der Waals surface area contributed by atoms with Crippen LogP contribution >= 0.6 is 0 Å². The molecule has 0 amide bonds. The summed E-state index contributed by atoms with van der Waals surface area (Å²) in [4.78, 5) is 9.92. The van der Waals surface area contributed by atoms with Crippen LogP contribution in [0, 0.1) is 17.3 Å². The van der Waals surface area contributed by atoms with Gasteiger partial charge in [-0.3, -0.25) is 0 Å². The van der Waals surface area contributed by atoms with Gasteiger partial charge in [0.2, 0.25) is 0 Å². The number of fused-ring (bicyclic) bond motifs is 1. The molecule has 0 bridgehead atoms. The molecule has 22 heavy (non-hydrogen) atoms. The van der Waals surface area contributed by atoms with Gasteiger partial charge in [0.05, 0.1) is 5.69 Å². The normalized spacial score (nSPS) is 17.6. The lowest BCUT2D eigenvalue weighted by Gasteiger charge is -2.45. The van der Waals surface area contributed by atoms with Gasteiger partial charge in [0.1, 0.15) is 5.82 Å². The third-order valence-corrected chi connectivity index (χ3v) is 5.84. The van der Waals surface area contributed by atoms with Crippen LogP contribution in [0.4, 0.5) is 0 Å². The van der Waals surface area contributed by atoms with Crippen LogP contribution in [0.3, 0.4) is 0 Å². The van der Waals surface area contributed by atoms with E-state index < -0.39 is 0 Å². The summed E-state index contributed by atoms with van der Waals surface area (Å²) in [6.45, 7) is 18.5. The molecule has 1 heterocycles. The van der Waals surface area contributed by atoms with Crippen molar-refractivity contribution in [3.8, 4) is 0 Å². The highest BCUT2D eigenvalue weighted by molar-refractivity contribution is 5.33. The van der Waals surface area contributed by atoms with Crippen molar-refractivity contribution in [3.63, 3.8) is 0 Å². The van der Waals surface area contributed by atoms with Gasteiger partial charge in [0, 0.05) is 11.6 Å². The number of aromatic nitrogens is 2. The van der Waals surface area contributed by atoms with Gasteiger partial charge in [-0.1, -0.05) is 55.4 Å². The highest BCUT2D eigenvalue weighted by Gasteiger charge is 2.41. The van der Waals surface area contributed by atoms with E-state index in [-0.39, 0.29) is 0 Å². The number of rotatable bonds is 4. The topological polar surface area (TPSA) is 25.8 Å². The summed E-state index contributed by atoms with van der Waals surface area (Å²) in [7, 11) is 0. The first-order chi connectivity index (χ1) is 10.2. The third kappa shape index (κ3) is 2.94. The molecule has 0 saturated heterocycles. The summed E-state index contributed by atoms with van der Waals surface area (Å²) in [5.41, 5.74) is 4.49. The highest BCUT2D eigenvalue weighted by Crippen LogP contribution is 2.47. The van der Waals surface area contributed by atoms with Crippen LogP contribution in [0.2, 0.25) is 0 Å². The molecule has 0 N–H and O–H groups in total. The van der Waals surface area contributed by atoms with E-state index in [1.165, 1.54) is 23.4 Å². The van der Waals surface area contributed by atoms with Crippen molar-refractivity contribution in [2.45, 2.75) is 86.5 Å². The molecule has 0 fully saturated rings. The number of hydrogen-bond acceptors (Lipinski definition) is 2. The van der Waals surface area contributed by atoms with E-state index in [0.29, 0.717) is 29.1 Å². The van der Waals surface area contributed by atoms with Crippen LogP contribution in [0.25, 0.3) is 0 Å². The van der Waals surface area contributed by atoms with Gasteiger partial charge in [-0.2, -0.15) is 0 Å². The average molecular weight is 303 g/mol. The molecule has 0 atom stereocenters. The Balaban J connectivity index is 2.55. The Kier molecular flexibility index (Phi) is 4.99. The fraction of sp³-hybridized carbons (Fsp3) is 0.800. The van der Waals surface area contributed by atoms with Gasteiger partial charge in [0.25, 0.3) is 0 Å². The third-order valence-electron chi connectivity index (χ3n) is 5.84. The molecule has 0 unspecified atom stereocenters. The van der Waals surface area contributed by atoms with Gasteiger partial charge in [-0.25, -0.2) is 9.97 Å². The highest BCUT2D eigenvalue weighted by atomic mass is 14.9. The summed E-state index contributed by atoms with van der Waals surface area (Å²) < 4.78 is 0. The molecular formula is C20H34N2. The fourth-order valence-electron chi connectivity index (χ4n) is 4.13. The zero-order valence-electron chi connectivity index (χ0n) is 15.8. The summed E-state index contributed by atoms with van der Waals surface area (Å²) in [5, 5.41) is 0. The van der Waals surface area contributed by atoms with Crippen molar-refractivity contribution in [2.75, 3.05) is 0 Å². The van der Waals surface area contributed by atoms with Crippen LogP contribution in [0.1, 0.15) is 96.4 Å². The molecule has 1 aliphatic rings. The molecule has 1 aliphatic carbocycles. The minimum Gasteiger partial charge on any atom is -0.237 e. The quantitative estimate of drug-likeness (QED) is 0.732. The summed E-state index contributed by atoms with van der Waals surface area (Å²) in [5.74, 6) is 3.31. The monoisotopic (exact) mass is 302 g/mol. The van der Waals surface area contributed by atoms with Crippen LogP contribution in [0.5, 0.6) is 0 Å². The minimum atomic E-state index is 0.393. The van der Waals surface area contributed by atoms with Gasteiger partial charge >= 0.3 is 0 Å². The van der Waals surface area contributed by atoms with Gasteiger partial charge in [0.15, 0.2) is 0 Å². The molecule has 0 aliphatic heterocycles. The van der Waals surface area contributed by atoms with E-state index >= 15 is 0 Å². The van der Waals surface area contributed by atoms with Crippen molar-refractivity contribution in [3.05, 3.63) is 22.8 Å². The maximum Gasteiger partial charge on any atom is 0.131 e. The van der Waals surface area contributed by atoms with Crippen LogP contribution < -0.4 is 0 Å². The summed E-state index contributed by atoms with van der Waals surface area (Å²) in [6, 6.07) is 0. The van der Waals surface area contributed by atoms with E-state index in [2.05, 4.69) is 55.4 Å². The van der Waals surface area contributed by atoms with Crippen molar-refractivity contribution in [2.24, 2.45) is 17.3 Å². The SMILES string of the molecule is CC(C)c1nc2c(c(C(C)C)n1)CCC(C(C)C)(C(C)C)C2. The van der Waals surface area contributed by atoms with Crippen LogP contribution in [-0.4, -0.2) is 9.97 Å². The van der Waals surface area contributed by atoms with Crippen molar-refractivity contribution >= 4 is 0 Å². The lowest BCUT2D eigenvalue weighted by molar-refractivity contribution is 0.0878. The Morgan fingerprint density at radius 3 is 1.86 bits per heavy atom. The summed E-state index contributed by atoms with van der Waals surface area (Å²) in [6.07, 6.45) is 3.55. The second-order valence-electron chi connectivity index (χ2n) is 8.42. The predicted molar refractivity (Wildman–Crippen MR) is 94.3 cm³/mol. The molecule has 1 aromatic rings. The van der Waals surface area contributed by atoms with E-state index in [4.69, 9.17) is 9.97 Å². The van der Waals surface area contributed by atoms with E-state index in [9.17, 15) is 0 Å². The second kappa shape index (κ2) is 6.29. The molecule has 124 valence electrons. The molecule has 0 radical (unpaired) electrons. The van der Waals surface area contributed by atoms with Crippen molar-refractivity contribution in [1.29, 1.82) is 0 Å². The first-order valence-electron chi connectivity index (χ1n) is 9.08. The van der Waals surface area contributed by atoms with Crippen LogP contribution in [-0.2, 0) is 12.8 Å². The van der Waals surface area contributed by atoms with Crippen molar-refractivity contribution in [1.82, 2.24) is 9.97 Å². The van der Waals surface area contributed by atoms with E-state index in [0.717, 1.165) is 18.7 Å². The Morgan fingerprint density at radius 1 is 0.818 bits per heavy atom. The van der Waals surface area contributed by atoms with Gasteiger partial charge < -0.3 is 0 Å².